The topological polar surface area (TPSA) is 26.0 Å². The predicted molar refractivity (Wildman–Crippen MR) is 53.9 cm³/mol. The third kappa shape index (κ3) is 2.93. The number of aryl methyl sites for hydroxylation is 1. The largest absolute Gasteiger partial charge is 0.323 e. The van der Waals surface area contributed by atoms with Crippen molar-refractivity contribution in [1.82, 2.24) is 0 Å². The van der Waals surface area contributed by atoms with Crippen LogP contribution in [0.1, 0.15) is 11.1 Å². The number of hydrogen-bond donors (Lipinski definition) is 1. The lowest BCUT2D eigenvalue weighted by atomic mass is 10.1. The number of alkyl halides is 2. The summed E-state index contributed by atoms with van der Waals surface area (Å²) < 4.78 is 24.3. The van der Waals surface area contributed by atoms with E-state index in [1.54, 1.807) is 18.2 Å². The Labute approximate surface area is 86.9 Å². The molecule has 2 N–H and O–H groups in total. The zero-order chi connectivity index (χ0) is 10.7. The zero-order valence-corrected chi connectivity index (χ0v) is 8.56. The number of rotatable bonds is 3. The van der Waals surface area contributed by atoms with Crippen LogP contribution in [0.15, 0.2) is 18.2 Å². The summed E-state index contributed by atoms with van der Waals surface area (Å²) >= 11 is 5.85. The standard InChI is InChI=1S/C10H12ClF2N/c1-6-2-3-7(4-8(6)11)5-9(14)10(12)13/h2-4,9-10H,5,14H2,1H3. The maximum atomic E-state index is 12.1. The van der Waals surface area contributed by atoms with Crippen LogP contribution in [0.4, 0.5) is 8.78 Å². The monoisotopic (exact) mass is 219 g/mol. The molecule has 0 aliphatic carbocycles. The van der Waals surface area contributed by atoms with Crippen molar-refractivity contribution >= 4 is 11.6 Å². The van der Waals surface area contributed by atoms with Crippen LogP contribution in [0.5, 0.6) is 0 Å². The van der Waals surface area contributed by atoms with E-state index in [1.165, 1.54) is 0 Å². The molecule has 0 saturated heterocycles. The molecule has 14 heavy (non-hydrogen) atoms. The molecule has 0 bridgehead atoms. The summed E-state index contributed by atoms with van der Waals surface area (Å²) in [7, 11) is 0. The summed E-state index contributed by atoms with van der Waals surface area (Å²) in [6.45, 7) is 1.86. The summed E-state index contributed by atoms with van der Waals surface area (Å²) in [6.07, 6.45) is -2.34. The van der Waals surface area contributed by atoms with E-state index in [0.717, 1.165) is 11.1 Å². The minimum absolute atomic E-state index is 0.150. The molecule has 0 spiro atoms. The van der Waals surface area contributed by atoms with E-state index in [-0.39, 0.29) is 6.42 Å². The first kappa shape index (κ1) is 11.4. The molecule has 0 aliphatic rings. The van der Waals surface area contributed by atoms with Crippen LogP contribution in [0.25, 0.3) is 0 Å². The molecule has 0 amide bonds. The van der Waals surface area contributed by atoms with Crippen molar-refractivity contribution in [2.24, 2.45) is 5.73 Å². The van der Waals surface area contributed by atoms with Crippen LogP contribution in [0.2, 0.25) is 5.02 Å². The molecule has 1 aromatic rings. The van der Waals surface area contributed by atoms with Gasteiger partial charge in [-0.2, -0.15) is 0 Å². The molecule has 78 valence electrons. The second-order valence-corrected chi connectivity index (χ2v) is 3.69. The molecule has 0 aliphatic heterocycles. The fourth-order valence-electron chi connectivity index (χ4n) is 1.12. The van der Waals surface area contributed by atoms with Gasteiger partial charge in [0.05, 0.1) is 6.04 Å². The highest BCUT2D eigenvalue weighted by Gasteiger charge is 2.15. The number of hydrogen-bond acceptors (Lipinski definition) is 1. The molecular formula is C10H12ClF2N. The Morgan fingerprint density at radius 3 is 2.57 bits per heavy atom. The average molecular weight is 220 g/mol. The van der Waals surface area contributed by atoms with Gasteiger partial charge >= 0.3 is 0 Å². The smallest absolute Gasteiger partial charge is 0.253 e. The summed E-state index contributed by atoms with van der Waals surface area (Å²) in [4.78, 5) is 0. The van der Waals surface area contributed by atoms with Gasteiger partial charge in [-0.1, -0.05) is 23.7 Å². The highest BCUT2D eigenvalue weighted by atomic mass is 35.5. The molecule has 1 unspecified atom stereocenters. The third-order valence-corrected chi connectivity index (χ3v) is 2.44. The van der Waals surface area contributed by atoms with E-state index in [2.05, 4.69) is 0 Å². The van der Waals surface area contributed by atoms with Crippen molar-refractivity contribution in [3.63, 3.8) is 0 Å². The summed E-state index contributed by atoms with van der Waals surface area (Å²) in [5, 5.41) is 0.587. The van der Waals surface area contributed by atoms with Gasteiger partial charge in [0.1, 0.15) is 0 Å². The summed E-state index contributed by atoms with van der Waals surface area (Å²) in [5.41, 5.74) is 6.92. The highest BCUT2D eigenvalue weighted by molar-refractivity contribution is 6.31. The molecule has 1 atom stereocenters. The van der Waals surface area contributed by atoms with Gasteiger partial charge in [0.2, 0.25) is 0 Å². The van der Waals surface area contributed by atoms with Crippen molar-refractivity contribution in [1.29, 1.82) is 0 Å². The van der Waals surface area contributed by atoms with Gasteiger partial charge in [0.15, 0.2) is 0 Å². The maximum Gasteiger partial charge on any atom is 0.253 e. The fourth-order valence-corrected chi connectivity index (χ4v) is 1.33. The van der Waals surface area contributed by atoms with E-state index < -0.39 is 12.5 Å². The van der Waals surface area contributed by atoms with Gasteiger partial charge in [-0.05, 0) is 30.5 Å². The van der Waals surface area contributed by atoms with Gasteiger partial charge in [-0.25, -0.2) is 8.78 Å². The minimum Gasteiger partial charge on any atom is -0.323 e. The van der Waals surface area contributed by atoms with Crippen LogP contribution in [-0.2, 0) is 6.42 Å². The minimum atomic E-state index is -2.49. The van der Waals surface area contributed by atoms with Gasteiger partial charge in [-0.3, -0.25) is 0 Å². The first-order valence-electron chi connectivity index (χ1n) is 4.29. The normalized spacial score (nSPS) is 13.3. The van der Waals surface area contributed by atoms with Crippen molar-refractivity contribution in [3.05, 3.63) is 34.3 Å². The van der Waals surface area contributed by atoms with E-state index >= 15 is 0 Å². The number of benzene rings is 1. The number of halogens is 3. The Bertz CT molecular complexity index is 315. The van der Waals surface area contributed by atoms with E-state index in [1.807, 2.05) is 6.92 Å². The maximum absolute atomic E-state index is 12.1. The quantitative estimate of drug-likeness (QED) is 0.831. The molecule has 4 heteroatoms. The molecule has 1 nitrogen and oxygen atoms in total. The van der Waals surface area contributed by atoms with Crippen LogP contribution in [0.3, 0.4) is 0 Å². The SMILES string of the molecule is Cc1ccc(CC(N)C(F)F)cc1Cl. The van der Waals surface area contributed by atoms with Gasteiger partial charge in [-0.15, -0.1) is 0 Å². The van der Waals surface area contributed by atoms with E-state index in [0.29, 0.717) is 5.02 Å². The summed E-state index contributed by atoms with van der Waals surface area (Å²) in [5.74, 6) is 0. The molecule has 0 radical (unpaired) electrons. The fraction of sp³-hybridized carbons (Fsp3) is 0.400. The lowest BCUT2D eigenvalue weighted by Gasteiger charge is -2.10. The van der Waals surface area contributed by atoms with Gasteiger partial charge in [0.25, 0.3) is 6.43 Å². The summed E-state index contributed by atoms with van der Waals surface area (Å²) in [6, 6.07) is 4.13. The molecular weight excluding hydrogens is 208 g/mol. The predicted octanol–water partition coefficient (Wildman–Crippen LogP) is 2.78. The van der Waals surface area contributed by atoms with Crippen molar-refractivity contribution in [3.8, 4) is 0 Å². The Morgan fingerprint density at radius 2 is 2.07 bits per heavy atom. The zero-order valence-electron chi connectivity index (χ0n) is 7.81. The van der Waals surface area contributed by atoms with Crippen LogP contribution < -0.4 is 5.73 Å². The van der Waals surface area contributed by atoms with Crippen molar-refractivity contribution in [2.75, 3.05) is 0 Å². The van der Waals surface area contributed by atoms with Gasteiger partial charge < -0.3 is 5.73 Å². The highest BCUT2D eigenvalue weighted by Crippen LogP contribution is 2.18. The third-order valence-electron chi connectivity index (χ3n) is 2.03. The Hall–Kier alpha value is -0.670. The Kier molecular flexibility index (Phi) is 3.84. The molecule has 0 fully saturated rings. The van der Waals surface area contributed by atoms with Crippen molar-refractivity contribution < 1.29 is 8.78 Å². The lowest BCUT2D eigenvalue weighted by molar-refractivity contribution is 0.116. The molecule has 0 aromatic heterocycles. The Balaban J connectivity index is 2.73. The molecule has 1 aromatic carbocycles. The van der Waals surface area contributed by atoms with Crippen molar-refractivity contribution in [2.45, 2.75) is 25.8 Å². The van der Waals surface area contributed by atoms with Crippen LogP contribution in [-0.4, -0.2) is 12.5 Å². The van der Waals surface area contributed by atoms with Crippen LogP contribution in [0, 0.1) is 6.92 Å². The average Bonchev–Trinajstić information content (AvgIpc) is 2.11. The van der Waals surface area contributed by atoms with E-state index in [4.69, 9.17) is 17.3 Å². The van der Waals surface area contributed by atoms with Crippen LogP contribution >= 0.6 is 11.6 Å². The molecule has 0 saturated carbocycles. The number of nitrogens with two attached hydrogens (primary N) is 1. The molecule has 1 rings (SSSR count). The van der Waals surface area contributed by atoms with E-state index in [9.17, 15) is 8.78 Å². The Morgan fingerprint density at radius 1 is 1.43 bits per heavy atom. The molecule has 0 heterocycles. The second-order valence-electron chi connectivity index (χ2n) is 3.29. The first-order chi connectivity index (χ1) is 6.50. The van der Waals surface area contributed by atoms with Gasteiger partial charge in [0, 0.05) is 5.02 Å². The first-order valence-corrected chi connectivity index (χ1v) is 4.67. The second kappa shape index (κ2) is 4.71. The lowest BCUT2D eigenvalue weighted by Crippen LogP contribution is -2.30.